The molecule has 0 aliphatic carbocycles. The molecule has 18 heavy (non-hydrogen) atoms. The summed E-state index contributed by atoms with van der Waals surface area (Å²) in [4.78, 5) is 13.1. The van der Waals surface area contributed by atoms with Crippen LogP contribution < -0.4 is 0 Å². The van der Waals surface area contributed by atoms with Crippen LogP contribution in [0, 0.1) is 0 Å². The average Bonchev–Trinajstić information content (AvgIpc) is 2.81. The summed E-state index contributed by atoms with van der Waals surface area (Å²) in [6, 6.07) is 0.610. The van der Waals surface area contributed by atoms with E-state index in [1.807, 2.05) is 12.5 Å². The minimum absolute atomic E-state index is 0.610. The number of aliphatic carboxylic acids is 1. The number of rotatable bonds is 7. The van der Waals surface area contributed by atoms with Crippen LogP contribution in [0.3, 0.4) is 0 Å². The van der Waals surface area contributed by atoms with Crippen LogP contribution in [-0.2, 0) is 4.79 Å². The van der Waals surface area contributed by atoms with Gasteiger partial charge in [-0.2, -0.15) is 0 Å². The molecule has 0 bridgehead atoms. The molecule has 1 N–H and O–H groups in total. The molecule has 0 saturated carbocycles. The molecule has 0 spiro atoms. The second-order valence-electron chi connectivity index (χ2n) is 4.58. The van der Waals surface area contributed by atoms with Gasteiger partial charge in [0, 0.05) is 25.4 Å². The highest BCUT2D eigenvalue weighted by atomic mass is 16.4. The smallest absolute Gasteiger partial charge is 0.300 e. The third kappa shape index (κ3) is 9.87. The fourth-order valence-electron chi connectivity index (χ4n) is 1.72. The van der Waals surface area contributed by atoms with Gasteiger partial charge in [-0.25, -0.2) is 4.98 Å². The van der Waals surface area contributed by atoms with E-state index in [-0.39, 0.29) is 0 Å². The topological polar surface area (TPSA) is 55.1 Å². The summed E-state index contributed by atoms with van der Waals surface area (Å²) in [5.41, 5.74) is 0. The monoisotopic (exact) mass is 254 g/mol. The van der Waals surface area contributed by atoms with E-state index >= 15 is 0 Å². The molecule has 1 heterocycles. The molecule has 0 aliphatic heterocycles. The first-order valence-corrected chi connectivity index (χ1v) is 6.74. The maximum atomic E-state index is 9.00. The predicted octanol–water partition coefficient (Wildman–Crippen LogP) is 3.90. The minimum Gasteiger partial charge on any atom is -0.481 e. The summed E-state index contributed by atoms with van der Waals surface area (Å²) in [5, 5.41) is 7.42. The van der Waals surface area contributed by atoms with E-state index in [0.29, 0.717) is 6.04 Å². The van der Waals surface area contributed by atoms with Crippen LogP contribution >= 0.6 is 0 Å². The van der Waals surface area contributed by atoms with Crippen LogP contribution in [0.1, 0.15) is 65.3 Å². The summed E-state index contributed by atoms with van der Waals surface area (Å²) in [5.74, 6) is -0.833. The van der Waals surface area contributed by atoms with Crippen molar-refractivity contribution in [2.45, 2.75) is 65.3 Å². The quantitative estimate of drug-likeness (QED) is 0.751. The van der Waals surface area contributed by atoms with E-state index in [4.69, 9.17) is 9.90 Å². The van der Waals surface area contributed by atoms with Gasteiger partial charge in [-0.05, 0) is 13.3 Å². The van der Waals surface area contributed by atoms with Crippen molar-refractivity contribution in [1.29, 1.82) is 0 Å². The summed E-state index contributed by atoms with van der Waals surface area (Å²) >= 11 is 0. The zero-order chi connectivity index (χ0) is 13.8. The van der Waals surface area contributed by atoms with Crippen molar-refractivity contribution >= 4 is 5.97 Å². The fourth-order valence-corrected chi connectivity index (χ4v) is 1.72. The Labute approximate surface area is 110 Å². The molecule has 0 aromatic carbocycles. The number of carboxylic acid groups (broad SMARTS) is 1. The molecule has 0 saturated heterocycles. The van der Waals surface area contributed by atoms with E-state index in [1.54, 1.807) is 0 Å². The molecular weight excluding hydrogens is 228 g/mol. The molecule has 0 fully saturated rings. The van der Waals surface area contributed by atoms with E-state index in [1.165, 1.54) is 38.5 Å². The van der Waals surface area contributed by atoms with Gasteiger partial charge in [0.15, 0.2) is 0 Å². The Kier molecular flexibility index (Phi) is 10.0. The van der Waals surface area contributed by atoms with Crippen molar-refractivity contribution in [2.24, 2.45) is 0 Å². The number of hydrogen-bond donors (Lipinski definition) is 1. The Morgan fingerprint density at radius 1 is 1.33 bits per heavy atom. The van der Waals surface area contributed by atoms with Gasteiger partial charge >= 0.3 is 0 Å². The molecular formula is C14H26N2O2. The van der Waals surface area contributed by atoms with Crippen LogP contribution in [0.2, 0.25) is 0 Å². The highest BCUT2D eigenvalue weighted by Crippen LogP contribution is 2.15. The fraction of sp³-hybridized carbons (Fsp3) is 0.714. The summed E-state index contributed by atoms with van der Waals surface area (Å²) in [6.07, 6.45) is 13.9. The molecule has 1 aromatic heterocycles. The van der Waals surface area contributed by atoms with Gasteiger partial charge < -0.3 is 9.67 Å². The van der Waals surface area contributed by atoms with Crippen LogP contribution in [-0.4, -0.2) is 20.6 Å². The second kappa shape index (κ2) is 10.8. The number of imidazole rings is 1. The molecule has 0 amide bonds. The molecule has 1 rings (SSSR count). The second-order valence-corrected chi connectivity index (χ2v) is 4.58. The van der Waals surface area contributed by atoms with Crippen LogP contribution in [0.25, 0.3) is 0 Å². The van der Waals surface area contributed by atoms with E-state index in [0.717, 1.165) is 6.92 Å². The summed E-state index contributed by atoms with van der Waals surface area (Å²) in [6.45, 7) is 5.61. The summed E-state index contributed by atoms with van der Waals surface area (Å²) < 4.78 is 2.19. The van der Waals surface area contributed by atoms with E-state index in [9.17, 15) is 0 Å². The van der Waals surface area contributed by atoms with Gasteiger partial charge in [-0.15, -0.1) is 0 Å². The maximum absolute atomic E-state index is 9.00. The normalized spacial score (nSPS) is 11.5. The van der Waals surface area contributed by atoms with Crippen LogP contribution in [0.4, 0.5) is 0 Å². The van der Waals surface area contributed by atoms with Gasteiger partial charge in [0.2, 0.25) is 0 Å². The van der Waals surface area contributed by atoms with Gasteiger partial charge in [-0.1, -0.05) is 39.0 Å². The number of unbranched alkanes of at least 4 members (excludes halogenated alkanes) is 4. The molecule has 1 unspecified atom stereocenters. The maximum Gasteiger partial charge on any atom is 0.300 e. The summed E-state index contributed by atoms with van der Waals surface area (Å²) in [7, 11) is 0. The Morgan fingerprint density at radius 3 is 2.44 bits per heavy atom. The first-order valence-electron chi connectivity index (χ1n) is 6.74. The van der Waals surface area contributed by atoms with Crippen molar-refractivity contribution in [3.63, 3.8) is 0 Å². The number of aromatic nitrogens is 2. The highest BCUT2D eigenvalue weighted by Gasteiger charge is 2.02. The zero-order valence-electron chi connectivity index (χ0n) is 11.8. The van der Waals surface area contributed by atoms with Crippen molar-refractivity contribution in [2.75, 3.05) is 0 Å². The largest absolute Gasteiger partial charge is 0.481 e. The standard InChI is InChI=1S/C12H22N2.C2H4O2/c1-3-4-5-6-7-8-12(2)14-10-9-13-11-14;1-2(3)4/h9-12H,3-8H2,1-2H3;1H3,(H,3,4). The van der Waals surface area contributed by atoms with Gasteiger partial charge in [0.05, 0.1) is 6.33 Å². The number of hydrogen-bond acceptors (Lipinski definition) is 2. The lowest BCUT2D eigenvalue weighted by Gasteiger charge is -2.12. The number of carboxylic acids is 1. The molecule has 4 nitrogen and oxygen atoms in total. The van der Waals surface area contributed by atoms with E-state index in [2.05, 4.69) is 29.6 Å². The third-order valence-electron chi connectivity index (χ3n) is 2.76. The first-order chi connectivity index (χ1) is 8.57. The molecule has 1 atom stereocenters. The number of nitrogens with zero attached hydrogens (tertiary/aromatic N) is 2. The molecule has 1 aromatic rings. The SMILES string of the molecule is CC(=O)O.CCCCCCCC(C)n1ccnc1. The molecule has 0 aliphatic rings. The van der Waals surface area contributed by atoms with Crippen molar-refractivity contribution in [1.82, 2.24) is 9.55 Å². The Hall–Kier alpha value is -1.32. The van der Waals surface area contributed by atoms with Crippen molar-refractivity contribution < 1.29 is 9.90 Å². The Balaban J connectivity index is 0.000000631. The Bertz CT molecular complexity index is 293. The van der Waals surface area contributed by atoms with Gasteiger partial charge in [0.1, 0.15) is 0 Å². The lowest BCUT2D eigenvalue weighted by Crippen LogP contribution is -2.01. The molecule has 0 radical (unpaired) electrons. The molecule has 104 valence electrons. The van der Waals surface area contributed by atoms with Crippen LogP contribution in [0.15, 0.2) is 18.7 Å². The zero-order valence-corrected chi connectivity index (χ0v) is 11.8. The number of carbonyl (C=O) groups is 1. The van der Waals surface area contributed by atoms with Crippen molar-refractivity contribution in [3.05, 3.63) is 18.7 Å². The Morgan fingerprint density at radius 2 is 1.94 bits per heavy atom. The lowest BCUT2D eigenvalue weighted by molar-refractivity contribution is -0.134. The first kappa shape index (κ1) is 16.7. The molecule has 4 heteroatoms. The van der Waals surface area contributed by atoms with Crippen LogP contribution in [0.5, 0.6) is 0 Å². The predicted molar refractivity (Wildman–Crippen MR) is 73.6 cm³/mol. The van der Waals surface area contributed by atoms with E-state index < -0.39 is 5.97 Å². The van der Waals surface area contributed by atoms with Gasteiger partial charge in [0.25, 0.3) is 5.97 Å². The average molecular weight is 254 g/mol. The highest BCUT2D eigenvalue weighted by molar-refractivity contribution is 5.62. The lowest BCUT2D eigenvalue weighted by atomic mass is 10.1. The minimum atomic E-state index is -0.833. The van der Waals surface area contributed by atoms with Gasteiger partial charge in [-0.3, -0.25) is 4.79 Å². The third-order valence-corrected chi connectivity index (χ3v) is 2.76. The van der Waals surface area contributed by atoms with Crippen molar-refractivity contribution in [3.8, 4) is 0 Å².